The normalized spacial score (nSPS) is 25.3. The fourth-order valence-electron chi connectivity index (χ4n) is 2.79. The predicted octanol–water partition coefficient (Wildman–Crippen LogP) is 4.26. The van der Waals surface area contributed by atoms with E-state index in [0.29, 0.717) is 17.2 Å². The van der Waals surface area contributed by atoms with Crippen molar-refractivity contribution in [2.45, 2.75) is 60.8 Å². The Balaban J connectivity index is 2.43. The Hall–Kier alpha value is -0.790. The number of hydrogen-bond donors (Lipinski definition) is 0. The van der Waals surface area contributed by atoms with Crippen LogP contribution >= 0.6 is 0 Å². The second-order valence-corrected chi connectivity index (χ2v) is 6.91. The van der Waals surface area contributed by atoms with E-state index in [9.17, 15) is 4.79 Å². The van der Waals surface area contributed by atoms with Gasteiger partial charge in [0.25, 0.3) is 0 Å². The second-order valence-electron chi connectivity index (χ2n) is 6.91. The van der Waals surface area contributed by atoms with E-state index in [0.717, 1.165) is 13.1 Å². The molecule has 2 unspecified atom stereocenters. The zero-order valence-electron chi connectivity index (χ0n) is 13.6. The van der Waals surface area contributed by atoms with Gasteiger partial charge in [-0.3, -0.25) is 4.79 Å². The van der Waals surface area contributed by atoms with E-state index in [1.807, 2.05) is 18.7 Å². The SMILES string of the molecule is CCN(CC1CC1(C)CCC=C(C)C)C(=O)C(C)C. The third kappa shape index (κ3) is 4.67. The number of carbonyl (C=O) groups is 1. The summed E-state index contributed by atoms with van der Waals surface area (Å²) in [5.41, 5.74) is 1.88. The van der Waals surface area contributed by atoms with Gasteiger partial charge in [-0.15, -0.1) is 0 Å². The summed E-state index contributed by atoms with van der Waals surface area (Å²) in [7, 11) is 0. The molecule has 0 aromatic carbocycles. The highest BCUT2D eigenvalue weighted by molar-refractivity contribution is 5.78. The third-order valence-electron chi connectivity index (χ3n) is 4.43. The standard InChI is InChI=1S/C17H31NO/c1-7-18(16(19)14(4)5)12-15-11-17(15,6)10-8-9-13(2)3/h9,14-15H,7-8,10-12H2,1-6H3. The van der Waals surface area contributed by atoms with E-state index in [-0.39, 0.29) is 5.92 Å². The van der Waals surface area contributed by atoms with Gasteiger partial charge in [0.05, 0.1) is 0 Å². The maximum Gasteiger partial charge on any atom is 0.225 e. The number of carbonyl (C=O) groups excluding carboxylic acids is 1. The van der Waals surface area contributed by atoms with Gasteiger partial charge in [-0.1, -0.05) is 32.4 Å². The average Bonchev–Trinajstić information content (AvgIpc) is 2.95. The molecule has 2 atom stereocenters. The van der Waals surface area contributed by atoms with Gasteiger partial charge in [0.2, 0.25) is 5.91 Å². The molecule has 0 aromatic rings. The molecule has 0 aromatic heterocycles. The molecule has 1 amide bonds. The quantitative estimate of drug-likeness (QED) is 0.630. The smallest absolute Gasteiger partial charge is 0.225 e. The first-order valence-corrected chi connectivity index (χ1v) is 7.72. The topological polar surface area (TPSA) is 20.3 Å². The zero-order chi connectivity index (χ0) is 14.6. The van der Waals surface area contributed by atoms with Crippen molar-refractivity contribution in [2.24, 2.45) is 17.3 Å². The van der Waals surface area contributed by atoms with Crippen molar-refractivity contribution in [1.29, 1.82) is 0 Å². The zero-order valence-corrected chi connectivity index (χ0v) is 13.6. The Kier molecular flexibility index (Phi) is 5.64. The van der Waals surface area contributed by atoms with Crippen LogP contribution in [-0.2, 0) is 4.79 Å². The summed E-state index contributed by atoms with van der Waals surface area (Å²) in [4.78, 5) is 14.1. The summed E-state index contributed by atoms with van der Waals surface area (Å²) in [6, 6.07) is 0. The van der Waals surface area contributed by atoms with E-state index < -0.39 is 0 Å². The van der Waals surface area contributed by atoms with Crippen molar-refractivity contribution in [3.63, 3.8) is 0 Å². The minimum Gasteiger partial charge on any atom is -0.342 e. The molecule has 1 rings (SSSR count). The molecule has 1 aliphatic carbocycles. The molecule has 0 heterocycles. The maximum atomic E-state index is 12.1. The van der Waals surface area contributed by atoms with Gasteiger partial charge in [-0.25, -0.2) is 0 Å². The van der Waals surface area contributed by atoms with Gasteiger partial charge in [0.1, 0.15) is 0 Å². The number of hydrogen-bond acceptors (Lipinski definition) is 1. The molecule has 0 spiro atoms. The van der Waals surface area contributed by atoms with Crippen LogP contribution in [-0.4, -0.2) is 23.9 Å². The predicted molar refractivity (Wildman–Crippen MR) is 82.0 cm³/mol. The molecule has 0 aliphatic heterocycles. The van der Waals surface area contributed by atoms with Crippen LogP contribution in [0.5, 0.6) is 0 Å². The van der Waals surface area contributed by atoms with Crippen LogP contribution in [0.2, 0.25) is 0 Å². The van der Waals surface area contributed by atoms with Crippen LogP contribution in [0.25, 0.3) is 0 Å². The molecule has 2 nitrogen and oxygen atoms in total. The molecule has 1 fully saturated rings. The molecule has 2 heteroatoms. The molecule has 0 radical (unpaired) electrons. The van der Waals surface area contributed by atoms with Gasteiger partial charge >= 0.3 is 0 Å². The third-order valence-corrected chi connectivity index (χ3v) is 4.43. The summed E-state index contributed by atoms with van der Waals surface area (Å²) in [5, 5.41) is 0. The van der Waals surface area contributed by atoms with Gasteiger partial charge in [-0.05, 0) is 51.4 Å². The minimum atomic E-state index is 0.121. The van der Waals surface area contributed by atoms with Crippen LogP contribution in [0.1, 0.15) is 60.8 Å². The fourth-order valence-corrected chi connectivity index (χ4v) is 2.79. The highest BCUT2D eigenvalue weighted by Gasteiger charge is 2.49. The first-order chi connectivity index (χ1) is 8.80. The lowest BCUT2D eigenvalue weighted by molar-refractivity contribution is -0.134. The van der Waals surface area contributed by atoms with Crippen molar-refractivity contribution in [3.05, 3.63) is 11.6 Å². The van der Waals surface area contributed by atoms with Crippen molar-refractivity contribution in [3.8, 4) is 0 Å². The largest absolute Gasteiger partial charge is 0.342 e. The van der Waals surface area contributed by atoms with E-state index in [2.05, 4.69) is 33.8 Å². The first kappa shape index (κ1) is 16.3. The Morgan fingerprint density at radius 3 is 2.53 bits per heavy atom. The summed E-state index contributed by atoms with van der Waals surface area (Å²) in [6.07, 6.45) is 6.05. The highest BCUT2D eigenvalue weighted by Crippen LogP contribution is 2.55. The van der Waals surface area contributed by atoms with Crippen LogP contribution in [0.15, 0.2) is 11.6 Å². The molecular formula is C17H31NO. The van der Waals surface area contributed by atoms with Crippen LogP contribution in [0, 0.1) is 17.3 Å². The molecular weight excluding hydrogens is 234 g/mol. The van der Waals surface area contributed by atoms with E-state index in [1.165, 1.54) is 24.8 Å². The molecule has 0 bridgehead atoms. The number of allylic oxidation sites excluding steroid dienone is 2. The summed E-state index contributed by atoms with van der Waals surface area (Å²) in [6.45, 7) is 14.6. The molecule has 110 valence electrons. The number of nitrogens with zero attached hydrogens (tertiary/aromatic N) is 1. The van der Waals surface area contributed by atoms with Crippen LogP contribution < -0.4 is 0 Å². The van der Waals surface area contributed by atoms with Gasteiger partial charge in [0, 0.05) is 19.0 Å². The van der Waals surface area contributed by atoms with Crippen molar-refractivity contribution in [1.82, 2.24) is 4.90 Å². The van der Waals surface area contributed by atoms with E-state index >= 15 is 0 Å². The molecule has 19 heavy (non-hydrogen) atoms. The number of amides is 1. The minimum absolute atomic E-state index is 0.121. The lowest BCUT2D eigenvalue weighted by Gasteiger charge is -2.24. The van der Waals surface area contributed by atoms with E-state index in [4.69, 9.17) is 0 Å². The van der Waals surface area contributed by atoms with Crippen molar-refractivity contribution in [2.75, 3.05) is 13.1 Å². The maximum absolute atomic E-state index is 12.1. The first-order valence-electron chi connectivity index (χ1n) is 7.72. The Bertz CT molecular complexity index is 341. The van der Waals surface area contributed by atoms with Crippen LogP contribution in [0.3, 0.4) is 0 Å². The Labute approximate surface area is 119 Å². The monoisotopic (exact) mass is 265 g/mol. The van der Waals surface area contributed by atoms with Gasteiger partial charge < -0.3 is 4.90 Å². The van der Waals surface area contributed by atoms with E-state index in [1.54, 1.807) is 0 Å². The summed E-state index contributed by atoms with van der Waals surface area (Å²) >= 11 is 0. The molecule has 0 saturated heterocycles. The highest BCUT2D eigenvalue weighted by atomic mass is 16.2. The second kappa shape index (κ2) is 6.58. The molecule has 0 N–H and O–H groups in total. The lowest BCUT2D eigenvalue weighted by atomic mass is 9.98. The van der Waals surface area contributed by atoms with Gasteiger partial charge in [0.15, 0.2) is 0 Å². The Morgan fingerprint density at radius 2 is 2.05 bits per heavy atom. The molecule has 1 aliphatic rings. The van der Waals surface area contributed by atoms with Crippen molar-refractivity contribution < 1.29 is 4.79 Å². The summed E-state index contributed by atoms with van der Waals surface area (Å²) < 4.78 is 0. The van der Waals surface area contributed by atoms with Gasteiger partial charge in [-0.2, -0.15) is 0 Å². The fraction of sp³-hybridized carbons (Fsp3) is 0.824. The number of rotatable bonds is 7. The van der Waals surface area contributed by atoms with Crippen molar-refractivity contribution >= 4 is 5.91 Å². The average molecular weight is 265 g/mol. The molecule has 1 saturated carbocycles. The lowest BCUT2D eigenvalue weighted by Crippen LogP contribution is -2.36. The summed E-state index contributed by atoms with van der Waals surface area (Å²) in [5.74, 6) is 1.14. The van der Waals surface area contributed by atoms with Crippen LogP contribution in [0.4, 0.5) is 0 Å². The Morgan fingerprint density at radius 1 is 1.42 bits per heavy atom.